The van der Waals surface area contributed by atoms with Gasteiger partial charge in [-0.25, -0.2) is 0 Å². The predicted molar refractivity (Wildman–Crippen MR) is 253 cm³/mol. The first kappa shape index (κ1) is 44.7. The van der Waals surface area contributed by atoms with Gasteiger partial charge in [0.2, 0.25) is 11.4 Å². The third-order valence-corrected chi connectivity index (χ3v) is 23.3. The molecule has 6 saturated carbocycles. The van der Waals surface area contributed by atoms with Gasteiger partial charge in [0, 0.05) is 39.9 Å². The van der Waals surface area contributed by atoms with Gasteiger partial charge >= 0.3 is 11.8 Å². The molecule has 10 aliphatic rings. The second-order valence-electron chi connectivity index (χ2n) is 26.3. The Kier molecular flexibility index (Phi) is 8.73. The van der Waals surface area contributed by atoms with Gasteiger partial charge in [0.05, 0.1) is 12.5 Å². The van der Waals surface area contributed by atoms with Crippen molar-refractivity contribution >= 4 is 23.3 Å². The average molecular weight is 899 g/mol. The number of benzene rings is 1. The molecule has 0 bridgehead atoms. The maximum absolute atomic E-state index is 14.9. The van der Waals surface area contributed by atoms with Gasteiger partial charge < -0.3 is 19.3 Å². The molecule has 1 aromatic rings. The average Bonchev–Trinajstić information content (AvgIpc) is 3.25. The second-order valence-corrected chi connectivity index (χ2v) is 26.3. The molecule has 0 radical (unpaired) electrons. The van der Waals surface area contributed by atoms with Crippen LogP contribution in [0.1, 0.15) is 181 Å². The Hall–Kier alpha value is -3.78. The van der Waals surface area contributed by atoms with E-state index in [9.17, 15) is 24.3 Å². The van der Waals surface area contributed by atoms with Crippen LogP contribution in [0.5, 0.6) is 11.5 Å². The van der Waals surface area contributed by atoms with E-state index in [4.69, 9.17) is 14.2 Å². The van der Waals surface area contributed by atoms with Crippen LogP contribution >= 0.6 is 0 Å². The molecule has 0 spiro atoms. The minimum absolute atomic E-state index is 0.0393. The smallest absolute Gasteiger partial charge is 0.317 e. The number of hydrogen-bond donors (Lipinski definition) is 1. The molecule has 0 amide bonds. The molecule has 1 N–H and O–H groups in total. The van der Waals surface area contributed by atoms with Crippen LogP contribution < -0.4 is 9.47 Å². The van der Waals surface area contributed by atoms with E-state index in [2.05, 4.69) is 81.4 Å². The van der Waals surface area contributed by atoms with Crippen molar-refractivity contribution in [3.05, 3.63) is 69.4 Å². The number of carbonyl (C=O) groups excluding carboxylic acids is 4. The van der Waals surface area contributed by atoms with Crippen LogP contribution in [0.3, 0.4) is 0 Å². The van der Waals surface area contributed by atoms with Crippen molar-refractivity contribution in [1.29, 1.82) is 0 Å². The van der Waals surface area contributed by atoms with E-state index < -0.39 is 33.4 Å². The van der Waals surface area contributed by atoms with Crippen LogP contribution in [0.4, 0.5) is 0 Å². The molecule has 0 aromatic heterocycles. The Morgan fingerprint density at radius 1 is 0.712 bits per heavy atom. The Labute approximate surface area is 392 Å². The number of methoxy groups -OCH3 is 1. The van der Waals surface area contributed by atoms with Crippen molar-refractivity contribution in [2.75, 3.05) is 7.11 Å². The third-order valence-electron chi connectivity index (χ3n) is 23.3. The van der Waals surface area contributed by atoms with E-state index in [0.29, 0.717) is 40.9 Å². The van der Waals surface area contributed by atoms with Crippen molar-refractivity contribution in [3.8, 4) is 11.5 Å². The minimum atomic E-state index is -2.35. The zero-order chi connectivity index (χ0) is 47.6. The second kappa shape index (κ2) is 12.9. The van der Waals surface area contributed by atoms with E-state index >= 15 is 0 Å². The number of esters is 1. The summed E-state index contributed by atoms with van der Waals surface area (Å²) in [5, 5.41) is 12.8. The Morgan fingerprint density at radius 3 is 2.02 bits per heavy atom. The van der Waals surface area contributed by atoms with Gasteiger partial charge in [-0.15, -0.1) is 0 Å². The number of carbonyl (C=O) groups is 4. The summed E-state index contributed by atoms with van der Waals surface area (Å²) in [5.41, 5.74) is 2.50. The standard InChI is InChI=1S/C58H74O8/c1-32-26-41-49(4,30-38(32)60)19-23-55(10)42-29-37(59)45-33(2)46-39(27-36(45)52(42,7)21-24-54(41,55)9)65-58(63)44(61)28-35-34(57(58,12)66-46)14-15-40-51(35,6)20-25-56(11)43-31-50(5,47(62)64-13)17-16-48(43,3)18-22-53(40,56)8/h14-15,27-29,32,41,43,63H,16-26,30-31H2,1-13H3/t32-,41-,43-,48-,49+,50-,51+,52+,53-,54+,55-,56+,57+,58-/m1/s1. The SMILES string of the molecule is COC(=O)[C@]1(C)CC[C@]2(C)CC[C@]3(C)C4=CC=C5C(=CC(=O)[C@@]6(O)Oc7cc8c(c(C)c7O[C@@]56C)C(=O)C=C5[C@@]8(C)CC[C@@]6(C)[C@@H]7C[C@@H](C)C(=O)C[C@]7(C)CC[C@]56C)[C@]4(C)CC[C@@]3(C)[C@@H]2C1. The highest BCUT2D eigenvalue weighted by atomic mass is 16.7. The molecule has 1 aliphatic heterocycles. The van der Waals surface area contributed by atoms with Crippen molar-refractivity contribution in [1.82, 2.24) is 0 Å². The molecule has 66 heavy (non-hydrogen) atoms. The highest BCUT2D eigenvalue weighted by molar-refractivity contribution is 6.10. The van der Waals surface area contributed by atoms with E-state index in [1.807, 2.05) is 19.1 Å². The minimum Gasteiger partial charge on any atom is -0.471 e. The van der Waals surface area contributed by atoms with Gasteiger partial charge in [-0.2, -0.15) is 0 Å². The maximum atomic E-state index is 14.9. The summed E-state index contributed by atoms with van der Waals surface area (Å²) in [6.07, 6.45) is 19.5. The fourth-order valence-electron chi connectivity index (χ4n) is 18.4. The molecular formula is C58H74O8. The lowest BCUT2D eigenvalue weighted by molar-refractivity contribution is -0.231. The van der Waals surface area contributed by atoms with E-state index in [0.717, 1.165) is 99.3 Å². The zero-order valence-corrected chi connectivity index (χ0v) is 42.1. The van der Waals surface area contributed by atoms with Gasteiger partial charge in [0.1, 0.15) is 5.78 Å². The first-order chi connectivity index (χ1) is 30.6. The molecule has 11 rings (SSSR count). The lowest BCUT2D eigenvalue weighted by Gasteiger charge is -2.70. The molecule has 8 nitrogen and oxygen atoms in total. The number of aliphatic hydroxyl groups is 1. The van der Waals surface area contributed by atoms with Crippen molar-refractivity contribution in [2.45, 2.75) is 183 Å². The summed E-state index contributed by atoms with van der Waals surface area (Å²) in [5.74, 6) is -1.25. The third kappa shape index (κ3) is 4.92. The maximum Gasteiger partial charge on any atom is 0.317 e. The summed E-state index contributed by atoms with van der Waals surface area (Å²) in [6.45, 7) is 27.0. The van der Waals surface area contributed by atoms with Gasteiger partial charge in [-0.3, -0.25) is 19.2 Å². The molecule has 0 unspecified atom stereocenters. The normalized spacial score (nSPS) is 49.5. The van der Waals surface area contributed by atoms with Crippen LogP contribution in [0.25, 0.3) is 0 Å². The summed E-state index contributed by atoms with van der Waals surface area (Å²) >= 11 is 0. The monoisotopic (exact) mass is 899 g/mol. The first-order valence-electron chi connectivity index (χ1n) is 25.5. The largest absolute Gasteiger partial charge is 0.471 e. The lowest BCUT2D eigenvalue weighted by Crippen LogP contribution is -2.70. The summed E-state index contributed by atoms with van der Waals surface area (Å²) in [7, 11) is 1.51. The van der Waals surface area contributed by atoms with Gasteiger partial charge in [0.15, 0.2) is 17.3 Å². The highest BCUT2D eigenvalue weighted by Gasteiger charge is 2.72. The predicted octanol–water partition coefficient (Wildman–Crippen LogP) is 11.8. The van der Waals surface area contributed by atoms with E-state index in [1.54, 1.807) is 13.0 Å². The molecule has 1 heterocycles. The van der Waals surface area contributed by atoms with Crippen molar-refractivity contribution in [3.63, 3.8) is 0 Å². The first-order valence-corrected chi connectivity index (χ1v) is 25.5. The molecule has 1 aromatic carbocycles. The fourth-order valence-corrected chi connectivity index (χ4v) is 18.4. The lowest BCUT2D eigenvalue weighted by atomic mass is 9.34. The number of hydrogen-bond acceptors (Lipinski definition) is 8. The van der Waals surface area contributed by atoms with Crippen LogP contribution in [0.15, 0.2) is 52.7 Å². The Bertz CT molecular complexity index is 2630. The van der Waals surface area contributed by atoms with Crippen LogP contribution in [0, 0.1) is 68.0 Å². The quantitative estimate of drug-likeness (QED) is 0.277. The van der Waals surface area contributed by atoms with Crippen LogP contribution in [-0.4, -0.2) is 46.9 Å². The van der Waals surface area contributed by atoms with Gasteiger partial charge in [0.25, 0.3) is 0 Å². The van der Waals surface area contributed by atoms with E-state index in [1.165, 1.54) is 12.7 Å². The number of ketones is 3. The van der Waals surface area contributed by atoms with Gasteiger partial charge in [-0.05, 0) is 177 Å². The molecule has 8 heteroatoms. The van der Waals surface area contributed by atoms with Crippen molar-refractivity contribution in [2.24, 2.45) is 61.1 Å². The molecule has 9 aliphatic carbocycles. The van der Waals surface area contributed by atoms with E-state index in [-0.39, 0.29) is 55.9 Å². The summed E-state index contributed by atoms with van der Waals surface area (Å²) < 4.78 is 19.3. The fraction of sp³-hybridized carbons (Fsp3) is 0.690. The van der Waals surface area contributed by atoms with Crippen LogP contribution in [-0.2, 0) is 24.5 Å². The van der Waals surface area contributed by atoms with Gasteiger partial charge in [-0.1, -0.05) is 80.0 Å². The molecule has 0 saturated heterocycles. The Morgan fingerprint density at radius 2 is 1.33 bits per heavy atom. The summed E-state index contributed by atoms with van der Waals surface area (Å²) in [4.78, 5) is 56.1. The number of ether oxygens (including phenoxy) is 3. The number of fused-ring (bicyclic) bond motifs is 17. The zero-order valence-electron chi connectivity index (χ0n) is 42.1. The topological polar surface area (TPSA) is 116 Å². The van der Waals surface area contributed by atoms with Crippen LogP contribution in [0.2, 0.25) is 0 Å². The molecule has 6 fully saturated rings. The number of allylic oxidation sites excluding steroid dienone is 5. The molecule has 354 valence electrons. The molecule has 14 atom stereocenters. The molecular weight excluding hydrogens is 825 g/mol. The Balaban J connectivity index is 0.977. The highest BCUT2D eigenvalue weighted by Crippen LogP contribution is 2.77. The number of rotatable bonds is 1. The number of Topliss-reactive ketones (excluding diaryl/α,β-unsaturated/α-hetero) is 1. The van der Waals surface area contributed by atoms with Crippen molar-refractivity contribution < 1.29 is 38.5 Å². The summed E-state index contributed by atoms with van der Waals surface area (Å²) in [6, 6.07) is 1.91.